The molecule has 0 bridgehead atoms. The SMILES string of the molecule is Clc1ccc(Nc2cc(C3CC3)nc(NC3CCCC3)n2)c(Cl)c1. The van der Waals surface area contributed by atoms with E-state index in [1.165, 1.54) is 38.5 Å². The molecule has 1 heterocycles. The molecule has 2 aliphatic carbocycles. The van der Waals surface area contributed by atoms with E-state index in [0.717, 1.165) is 23.1 Å². The average molecular weight is 363 g/mol. The zero-order valence-electron chi connectivity index (χ0n) is 13.4. The molecule has 1 aromatic carbocycles. The Labute approximate surface area is 152 Å². The van der Waals surface area contributed by atoms with Gasteiger partial charge in [0.2, 0.25) is 5.95 Å². The van der Waals surface area contributed by atoms with Gasteiger partial charge in [-0.1, -0.05) is 36.0 Å². The minimum Gasteiger partial charge on any atom is -0.351 e. The van der Waals surface area contributed by atoms with Crippen molar-refractivity contribution in [3.05, 3.63) is 40.0 Å². The van der Waals surface area contributed by atoms with Crippen LogP contribution in [0.1, 0.15) is 50.1 Å². The van der Waals surface area contributed by atoms with Crippen molar-refractivity contribution in [2.45, 2.75) is 50.5 Å². The van der Waals surface area contributed by atoms with E-state index in [2.05, 4.69) is 15.6 Å². The Morgan fingerprint density at radius 1 is 0.958 bits per heavy atom. The first kappa shape index (κ1) is 16.0. The van der Waals surface area contributed by atoms with Crippen LogP contribution in [0.5, 0.6) is 0 Å². The number of aromatic nitrogens is 2. The van der Waals surface area contributed by atoms with Gasteiger partial charge in [-0.05, 0) is 43.9 Å². The summed E-state index contributed by atoms with van der Waals surface area (Å²) in [6.07, 6.45) is 7.38. The fraction of sp³-hybridized carbons (Fsp3) is 0.444. The van der Waals surface area contributed by atoms with Gasteiger partial charge in [0.15, 0.2) is 0 Å². The fourth-order valence-electron chi connectivity index (χ4n) is 3.16. The summed E-state index contributed by atoms with van der Waals surface area (Å²) in [6, 6.07) is 7.94. The molecule has 4 rings (SSSR count). The Morgan fingerprint density at radius 3 is 2.46 bits per heavy atom. The van der Waals surface area contributed by atoms with E-state index in [1.807, 2.05) is 18.2 Å². The number of benzene rings is 1. The molecule has 4 nitrogen and oxygen atoms in total. The largest absolute Gasteiger partial charge is 0.351 e. The molecular formula is C18H20Cl2N4. The number of nitrogens with one attached hydrogen (secondary N) is 2. The van der Waals surface area contributed by atoms with Crippen molar-refractivity contribution >= 4 is 40.7 Å². The molecule has 0 unspecified atom stereocenters. The maximum Gasteiger partial charge on any atom is 0.225 e. The lowest BCUT2D eigenvalue weighted by Crippen LogP contribution is -2.17. The summed E-state index contributed by atoms with van der Waals surface area (Å²) in [6.45, 7) is 0. The molecule has 24 heavy (non-hydrogen) atoms. The Bertz CT molecular complexity index is 740. The summed E-state index contributed by atoms with van der Waals surface area (Å²) in [4.78, 5) is 9.36. The van der Waals surface area contributed by atoms with Gasteiger partial charge in [0.05, 0.1) is 16.4 Å². The van der Waals surface area contributed by atoms with Gasteiger partial charge in [-0.15, -0.1) is 0 Å². The summed E-state index contributed by atoms with van der Waals surface area (Å²) in [5.41, 5.74) is 1.91. The summed E-state index contributed by atoms with van der Waals surface area (Å²) >= 11 is 12.2. The van der Waals surface area contributed by atoms with Crippen molar-refractivity contribution in [3.8, 4) is 0 Å². The third-order valence-corrected chi connectivity index (χ3v) is 5.17. The average Bonchev–Trinajstić information content (AvgIpc) is 3.29. The van der Waals surface area contributed by atoms with E-state index >= 15 is 0 Å². The molecule has 2 N–H and O–H groups in total. The highest BCUT2D eigenvalue weighted by molar-refractivity contribution is 6.36. The third kappa shape index (κ3) is 3.76. The first-order valence-electron chi connectivity index (χ1n) is 8.55. The highest BCUT2D eigenvalue weighted by Gasteiger charge is 2.27. The zero-order valence-corrected chi connectivity index (χ0v) is 14.9. The Balaban J connectivity index is 1.59. The lowest BCUT2D eigenvalue weighted by atomic mass is 10.2. The Kier molecular flexibility index (Phi) is 4.51. The van der Waals surface area contributed by atoms with E-state index in [9.17, 15) is 0 Å². The molecule has 1 aromatic heterocycles. The van der Waals surface area contributed by atoms with Gasteiger partial charge < -0.3 is 10.6 Å². The summed E-state index contributed by atoms with van der Waals surface area (Å²) in [5.74, 6) is 2.06. The topological polar surface area (TPSA) is 49.8 Å². The maximum absolute atomic E-state index is 6.27. The molecule has 0 amide bonds. The van der Waals surface area contributed by atoms with E-state index in [0.29, 0.717) is 22.0 Å². The molecule has 2 fully saturated rings. The molecule has 126 valence electrons. The van der Waals surface area contributed by atoms with E-state index in [1.54, 1.807) is 6.07 Å². The molecule has 2 aliphatic rings. The van der Waals surface area contributed by atoms with Crippen LogP contribution in [0.15, 0.2) is 24.3 Å². The van der Waals surface area contributed by atoms with Gasteiger partial charge >= 0.3 is 0 Å². The van der Waals surface area contributed by atoms with Crippen LogP contribution in [0.25, 0.3) is 0 Å². The van der Waals surface area contributed by atoms with Crippen LogP contribution in [0.4, 0.5) is 17.5 Å². The quantitative estimate of drug-likeness (QED) is 0.709. The van der Waals surface area contributed by atoms with Crippen LogP contribution in [0.2, 0.25) is 10.0 Å². The van der Waals surface area contributed by atoms with Crippen molar-refractivity contribution in [2.24, 2.45) is 0 Å². The van der Waals surface area contributed by atoms with Crippen LogP contribution in [0.3, 0.4) is 0 Å². The van der Waals surface area contributed by atoms with Crippen LogP contribution < -0.4 is 10.6 Å². The van der Waals surface area contributed by atoms with Gasteiger partial charge in [-0.3, -0.25) is 0 Å². The Hall–Kier alpha value is -1.52. The van der Waals surface area contributed by atoms with Gasteiger partial charge in [0, 0.05) is 23.0 Å². The van der Waals surface area contributed by atoms with E-state index in [-0.39, 0.29) is 0 Å². The van der Waals surface area contributed by atoms with Crippen molar-refractivity contribution in [2.75, 3.05) is 10.6 Å². The van der Waals surface area contributed by atoms with Crippen molar-refractivity contribution in [3.63, 3.8) is 0 Å². The van der Waals surface area contributed by atoms with Crippen LogP contribution in [-0.4, -0.2) is 16.0 Å². The predicted octanol–water partition coefficient (Wildman–Crippen LogP) is 5.76. The standard InChI is InChI=1S/C18H20Cl2N4/c19-12-7-8-15(14(20)9-12)22-17-10-16(11-5-6-11)23-18(24-17)21-13-3-1-2-4-13/h7-11,13H,1-6H2,(H2,21,22,23,24). The van der Waals surface area contributed by atoms with Gasteiger partial charge in [0.1, 0.15) is 5.82 Å². The molecule has 6 heteroatoms. The number of hydrogen-bond acceptors (Lipinski definition) is 4. The summed E-state index contributed by atoms with van der Waals surface area (Å²) in [5, 5.41) is 8.01. The number of halogens is 2. The van der Waals surface area contributed by atoms with Crippen LogP contribution in [-0.2, 0) is 0 Å². The first-order valence-corrected chi connectivity index (χ1v) is 9.30. The molecule has 0 spiro atoms. The number of rotatable bonds is 5. The maximum atomic E-state index is 6.27. The smallest absolute Gasteiger partial charge is 0.225 e. The molecule has 0 radical (unpaired) electrons. The lowest BCUT2D eigenvalue weighted by Gasteiger charge is -2.15. The monoisotopic (exact) mass is 362 g/mol. The minimum atomic E-state index is 0.492. The van der Waals surface area contributed by atoms with Crippen molar-refractivity contribution < 1.29 is 0 Å². The molecule has 2 aromatic rings. The van der Waals surface area contributed by atoms with Gasteiger partial charge in [-0.2, -0.15) is 4.98 Å². The molecule has 0 atom stereocenters. The number of hydrogen-bond donors (Lipinski definition) is 2. The normalized spacial score (nSPS) is 17.9. The van der Waals surface area contributed by atoms with E-state index in [4.69, 9.17) is 28.2 Å². The third-order valence-electron chi connectivity index (χ3n) is 4.62. The molecule has 0 saturated heterocycles. The second-order valence-corrected chi connectivity index (χ2v) is 7.49. The minimum absolute atomic E-state index is 0.492. The van der Waals surface area contributed by atoms with Gasteiger partial charge in [-0.25, -0.2) is 4.98 Å². The second-order valence-electron chi connectivity index (χ2n) is 6.65. The van der Waals surface area contributed by atoms with Crippen molar-refractivity contribution in [1.82, 2.24) is 9.97 Å². The second kappa shape index (κ2) is 6.77. The lowest BCUT2D eigenvalue weighted by molar-refractivity contribution is 0.742. The highest BCUT2D eigenvalue weighted by Crippen LogP contribution is 2.40. The first-order chi connectivity index (χ1) is 11.7. The van der Waals surface area contributed by atoms with E-state index < -0.39 is 0 Å². The van der Waals surface area contributed by atoms with Gasteiger partial charge in [0.25, 0.3) is 0 Å². The molecular weight excluding hydrogens is 343 g/mol. The summed E-state index contributed by atoms with van der Waals surface area (Å²) in [7, 11) is 0. The summed E-state index contributed by atoms with van der Waals surface area (Å²) < 4.78 is 0. The number of anilines is 3. The highest BCUT2D eigenvalue weighted by atomic mass is 35.5. The zero-order chi connectivity index (χ0) is 16.5. The fourth-order valence-corrected chi connectivity index (χ4v) is 3.62. The van der Waals surface area contributed by atoms with Crippen molar-refractivity contribution in [1.29, 1.82) is 0 Å². The molecule has 0 aliphatic heterocycles. The Morgan fingerprint density at radius 2 is 1.75 bits per heavy atom. The predicted molar refractivity (Wildman–Crippen MR) is 99.6 cm³/mol. The number of nitrogens with zero attached hydrogens (tertiary/aromatic N) is 2. The van der Waals surface area contributed by atoms with Crippen LogP contribution >= 0.6 is 23.2 Å². The van der Waals surface area contributed by atoms with Crippen LogP contribution in [0, 0.1) is 0 Å². The molecule has 2 saturated carbocycles.